The number of benzene rings is 2. The van der Waals surface area contributed by atoms with Gasteiger partial charge in [-0.05, 0) is 0 Å². The zero-order chi connectivity index (χ0) is 23.6. The number of aliphatic imine (C=N–C) groups is 1. The van der Waals surface area contributed by atoms with Crippen LogP contribution in [0.2, 0.25) is 0 Å². The number of alkyl halides is 3. The first kappa shape index (κ1) is 22.6. The van der Waals surface area contributed by atoms with Gasteiger partial charge in [0.15, 0.2) is 0 Å². The second-order valence-corrected chi connectivity index (χ2v) is 11.6. The second-order valence-electron chi connectivity index (χ2n) is 7.53. The molecule has 170 valence electrons. The zero-order valence-electron chi connectivity index (χ0n) is 16.6. The molecule has 1 aromatic heterocycles. The summed E-state index contributed by atoms with van der Waals surface area (Å²) in [5, 5.41) is -0.0685. The second kappa shape index (κ2) is 7.19. The van der Waals surface area contributed by atoms with Gasteiger partial charge < -0.3 is 0 Å². The van der Waals surface area contributed by atoms with Crippen LogP contribution in [-0.2, 0) is 21.7 Å². The van der Waals surface area contributed by atoms with Crippen LogP contribution in [0, 0.1) is 5.82 Å². The van der Waals surface area contributed by atoms with Crippen LogP contribution in [0.15, 0.2) is 46.2 Å². The van der Waals surface area contributed by atoms with E-state index in [1.54, 1.807) is 0 Å². The Kier molecular flexibility index (Phi) is 5.07. The van der Waals surface area contributed by atoms with Crippen molar-refractivity contribution in [1.82, 2.24) is 7.87 Å². The van der Waals surface area contributed by atoms with Gasteiger partial charge in [0.1, 0.15) is 0 Å². The fourth-order valence-electron chi connectivity index (χ4n) is 3.51. The molecule has 4 rings (SSSR count). The first-order valence-corrected chi connectivity index (χ1v) is 12.3. The van der Waals surface area contributed by atoms with Crippen molar-refractivity contribution in [1.29, 1.82) is 0 Å². The molecule has 32 heavy (non-hydrogen) atoms. The normalized spacial score (nSPS) is 21.1. The number of halogens is 4. The van der Waals surface area contributed by atoms with E-state index in [1.165, 1.54) is 35.7 Å². The van der Waals surface area contributed by atoms with E-state index in [4.69, 9.17) is 5.73 Å². The van der Waals surface area contributed by atoms with E-state index in [0.717, 1.165) is 22.5 Å². The third kappa shape index (κ3) is 3.63. The van der Waals surface area contributed by atoms with Crippen molar-refractivity contribution in [2.75, 3.05) is 12.8 Å². The van der Waals surface area contributed by atoms with Crippen LogP contribution < -0.4 is 11.3 Å². The van der Waals surface area contributed by atoms with Crippen molar-refractivity contribution in [3.8, 4) is 5.69 Å². The van der Waals surface area contributed by atoms with Gasteiger partial charge in [-0.2, -0.15) is 0 Å². The Morgan fingerprint density at radius 1 is 1.19 bits per heavy atom. The van der Waals surface area contributed by atoms with Crippen molar-refractivity contribution >= 4 is 40.4 Å². The Morgan fingerprint density at radius 2 is 1.88 bits per heavy atom. The summed E-state index contributed by atoms with van der Waals surface area (Å²) >= 11 is -0.687. The molecule has 0 saturated carbocycles. The predicted octanol–water partition coefficient (Wildman–Crippen LogP) is 2.01. The van der Waals surface area contributed by atoms with Crippen LogP contribution in [0.3, 0.4) is 0 Å². The van der Waals surface area contributed by atoms with Crippen molar-refractivity contribution < 1.29 is 26.0 Å². The van der Waals surface area contributed by atoms with Gasteiger partial charge in [-0.15, -0.1) is 0 Å². The standard InChI is InChI=1S/C19H16F4N4O3SSe/c1-18(9-31(29,30)26(2)17(24)25-18)13-8-11(4-5-14(13)20)27-16(28)12-7-10(19(21,22)23)3-6-15(12)32-27/h3-8H,9H2,1-2H3,(H2,24,25)/t18-/m0/s1. The Balaban J connectivity index is 1.88. The van der Waals surface area contributed by atoms with Crippen LogP contribution >= 0.6 is 0 Å². The van der Waals surface area contributed by atoms with Crippen molar-refractivity contribution in [3.05, 3.63) is 63.7 Å². The van der Waals surface area contributed by atoms with Crippen LogP contribution in [-0.4, -0.2) is 49.8 Å². The Labute approximate surface area is 185 Å². The number of fused-ring (bicyclic) bond motifs is 1. The van der Waals surface area contributed by atoms with E-state index < -0.39 is 59.2 Å². The van der Waals surface area contributed by atoms with Gasteiger partial charge in [-0.1, -0.05) is 0 Å². The number of sulfonamides is 1. The molecule has 7 nitrogen and oxygen atoms in total. The molecular weight excluding hydrogens is 519 g/mol. The third-order valence-electron chi connectivity index (χ3n) is 5.24. The molecule has 0 aliphatic carbocycles. The monoisotopic (exact) mass is 536 g/mol. The maximum absolute atomic E-state index is 14.8. The van der Waals surface area contributed by atoms with Gasteiger partial charge in [0.2, 0.25) is 0 Å². The first-order valence-electron chi connectivity index (χ1n) is 9.08. The van der Waals surface area contributed by atoms with Crippen molar-refractivity contribution in [3.63, 3.8) is 0 Å². The summed E-state index contributed by atoms with van der Waals surface area (Å²) in [6.07, 6.45) is -4.59. The summed E-state index contributed by atoms with van der Waals surface area (Å²) in [7, 11) is -2.63. The third-order valence-corrected chi connectivity index (χ3v) is 9.52. The number of rotatable bonds is 2. The average Bonchev–Trinajstić information content (AvgIpc) is 3.01. The average molecular weight is 535 g/mol. The topological polar surface area (TPSA) is 97.8 Å². The van der Waals surface area contributed by atoms with Crippen LogP contribution in [0.25, 0.3) is 15.3 Å². The van der Waals surface area contributed by atoms with Crippen LogP contribution in [0.1, 0.15) is 18.1 Å². The molecule has 0 bridgehead atoms. The molecule has 0 radical (unpaired) electrons. The number of aromatic nitrogens is 1. The van der Waals surface area contributed by atoms with Gasteiger partial charge in [-0.3, -0.25) is 0 Å². The molecule has 0 saturated heterocycles. The van der Waals surface area contributed by atoms with E-state index in [2.05, 4.69) is 4.99 Å². The van der Waals surface area contributed by atoms with Gasteiger partial charge in [0.05, 0.1) is 0 Å². The quantitative estimate of drug-likeness (QED) is 0.401. The maximum atomic E-state index is 14.8. The molecule has 3 aromatic rings. The molecule has 0 spiro atoms. The van der Waals surface area contributed by atoms with E-state index in [1.807, 2.05) is 0 Å². The predicted molar refractivity (Wildman–Crippen MR) is 112 cm³/mol. The number of hydrogen-bond acceptors (Lipinski definition) is 5. The van der Waals surface area contributed by atoms with Crippen molar-refractivity contribution in [2.45, 2.75) is 18.6 Å². The number of nitrogens with zero attached hydrogens (tertiary/aromatic N) is 3. The SMILES string of the molecule is CN1C(N)=N[C@](C)(c2cc(-n3[se]c4ccc(C(F)(F)F)cc4c3=O)ccc2F)CS1(=O)=O. The van der Waals surface area contributed by atoms with Crippen LogP contribution in [0.5, 0.6) is 0 Å². The molecule has 13 heteroatoms. The van der Waals surface area contributed by atoms with E-state index in [0.29, 0.717) is 4.26 Å². The number of guanidine groups is 1. The molecule has 2 heterocycles. The number of hydrogen-bond donors (Lipinski definition) is 1. The van der Waals surface area contributed by atoms with E-state index in [-0.39, 0.29) is 22.6 Å². The summed E-state index contributed by atoms with van der Waals surface area (Å²) < 4.78 is 81.3. The molecule has 1 aliphatic heterocycles. The summed E-state index contributed by atoms with van der Waals surface area (Å²) in [5.74, 6) is -1.60. The molecule has 1 aliphatic rings. The van der Waals surface area contributed by atoms with E-state index in [9.17, 15) is 30.8 Å². The molecule has 0 fully saturated rings. The Morgan fingerprint density at radius 3 is 2.50 bits per heavy atom. The van der Waals surface area contributed by atoms with Gasteiger partial charge in [0, 0.05) is 0 Å². The summed E-state index contributed by atoms with van der Waals surface area (Å²) in [4.78, 5) is 17.0. The summed E-state index contributed by atoms with van der Waals surface area (Å²) in [6, 6.07) is 6.66. The molecule has 2 N–H and O–H groups in total. The minimum atomic E-state index is -4.59. The number of nitrogens with two attached hydrogens (primary N) is 1. The molecule has 0 unspecified atom stereocenters. The van der Waals surface area contributed by atoms with Gasteiger partial charge in [-0.25, -0.2) is 0 Å². The van der Waals surface area contributed by atoms with E-state index >= 15 is 0 Å². The fraction of sp³-hybridized carbons (Fsp3) is 0.263. The van der Waals surface area contributed by atoms with Gasteiger partial charge in [0.25, 0.3) is 0 Å². The molecule has 1 atom stereocenters. The Hall–Kier alpha value is -2.63. The van der Waals surface area contributed by atoms with Crippen molar-refractivity contribution in [2.24, 2.45) is 10.7 Å². The van der Waals surface area contributed by atoms with Crippen LogP contribution in [0.4, 0.5) is 17.6 Å². The first-order chi connectivity index (χ1) is 14.7. The summed E-state index contributed by atoms with van der Waals surface area (Å²) in [6.45, 7) is 1.41. The molecule has 2 aromatic carbocycles. The van der Waals surface area contributed by atoms with Gasteiger partial charge >= 0.3 is 186 Å². The molecule has 0 amide bonds. The minimum absolute atomic E-state index is 0.0685. The summed E-state index contributed by atoms with van der Waals surface area (Å²) in [5.41, 5.74) is 2.73. The molecular formula is C19H16F4N4O3SSe. The fourth-order valence-corrected chi connectivity index (χ4v) is 7.00. The zero-order valence-corrected chi connectivity index (χ0v) is 19.2. The Bertz CT molecular complexity index is 1450.